The molecule has 5 heteroatoms. The third kappa shape index (κ3) is 5.01. The number of benzene rings is 2. The average Bonchev–Trinajstić information content (AvgIpc) is 3.20. The van der Waals surface area contributed by atoms with Crippen LogP contribution in [0.5, 0.6) is 11.5 Å². The number of hydrogen-bond donors (Lipinski definition) is 1. The van der Waals surface area contributed by atoms with E-state index < -0.39 is 0 Å². The predicted octanol–water partition coefficient (Wildman–Crippen LogP) is 4.05. The van der Waals surface area contributed by atoms with Crippen LogP contribution in [0.2, 0.25) is 0 Å². The van der Waals surface area contributed by atoms with E-state index in [0.29, 0.717) is 17.9 Å². The van der Waals surface area contributed by atoms with Gasteiger partial charge in [0.1, 0.15) is 18.1 Å². The largest absolute Gasteiger partial charge is 0.496 e. The van der Waals surface area contributed by atoms with Gasteiger partial charge in [-0.05, 0) is 51.0 Å². The summed E-state index contributed by atoms with van der Waals surface area (Å²) in [5, 5.41) is 3.04. The molecule has 0 saturated carbocycles. The van der Waals surface area contributed by atoms with Gasteiger partial charge in [0.15, 0.2) is 0 Å². The number of carbonyl (C=O) groups is 1. The molecule has 0 aliphatic carbocycles. The first-order valence-electron chi connectivity index (χ1n) is 9.36. The molecule has 1 N–H and O–H groups in total. The zero-order chi connectivity index (χ0) is 19.2. The molecule has 0 radical (unpaired) electrons. The van der Waals surface area contributed by atoms with Gasteiger partial charge in [-0.3, -0.25) is 4.79 Å². The highest BCUT2D eigenvalue weighted by atomic mass is 16.5. The molecule has 1 heterocycles. The van der Waals surface area contributed by atoms with Crippen LogP contribution in [0.15, 0.2) is 42.5 Å². The average molecular weight is 369 g/mol. The Bertz CT molecular complexity index is 784. The van der Waals surface area contributed by atoms with Gasteiger partial charge in [-0.25, -0.2) is 0 Å². The Hall–Kier alpha value is -2.53. The molecule has 2 unspecified atom stereocenters. The van der Waals surface area contributed by atoms with Crippen molar-refractivity contribution in [3.8, 4) is 11.5 Å². The molecule has 1 fully saturated rings. The van der Waals surface area contributed by atoms with Crippen molar-refractivity contribution < 1.29 is 19.0 Å². The fourth-order valence-electron chi connectivity index (χ4n) is 3.24. The number of ether oxygens (including phenoxy) is 3. The summed E-state index contributed by atoms with van der Waals surface area (Å²) in [5.74, 6) is 1.30. The second kappa shape index (κ2) is 8.91. The van der Waals surface area contributed by atoms with Crippen molar-refractivity contribution in [1.29, 1.82) is 0 Å². The Kier molecular flexibility index (Phi) is 6.35. The predicted molar refractivity (Wildman–Crippen MR) is 105 cm³/mol. The summed E-state index contributed by atoms with van der Waals surface area (Å²) in [4.78, 5) is 12.7. The first kappa shape index (κ1) is 19.2. The number of hydrogen-bond acceptors (Lipinski definition) is 4. The van der Waals surface area contributed by atoms with Gasteiger partial charge in [0.2, 0.25) is 0 Å². The van der Waals surface area contributed by atoms with Crippen LogP contribution in [0, 0.1) is 6.92 Å². The van der Waals surface area contributed by atoms with Crippen molar-refractivity contribution in [2.24, 2.45) is 0 Å². The fraction of sp³-hybridized carbons (Fsp3) is 0.409. The summed E-state index contributed by atoms with van der Waals surface area (Å²) in [6, 6.07) is 13.0. The van der Waals surface area contributed by atoms with Crippen LogP contribution in [-0.4, -0.2) is 32.3 Å². The monoisotopic (exact) mass is 369 g/mol. The van der Waals surface area contributed by atoms with Crippen LogP contribution in [-0.2, 0) is 4.74 Å². The van der Waals surface area contributed by atoms with Crippen molar-refractivity contribution in [3.05, 3.63) is 59.2 Å². The quantitative estimate of drug-likeness (QED) is 0.800. The molecule has 3 rings (SSSR count). The van der Waals surface area contributed by atoms with E-state index in [-0.39, 0.29) is 18.1 Å². The molecule has 144 valence electrons. The summed E-state index contributed by atoms with van der Waals surface area (Å²) in [7, 11) is 1.64. The van der Waals surface area contributed by atoms with Crippen molar-refractivity contribution in [3.63, 3.8) is 0 Å². The lowest BCUT2D eigenvalue weighted by molar-refractivity contribution is 0.0679. The van der Waals surface area contributed by atoms with Gasteiger partial charge in [0, 0.05) is 17.7 Å². The van der Waals surface area contributed by atoms with Gasteiger partial charge < -0.3 is 19.5 Å². The molecule has 0 spiro atoms. The molecule has 1 amide bonds. The Morgan fingerprint density at radius 1 is 1.30 bits per heavy atom. The standard InChI is InChI=1S/C22H27NO4/c1-15-9-10-21(25-3)20(12-15)16(2)23-22(24)17-6-4-7-18(13-17)27-14-19-8-5-11-26-19/h4,6-7,9-10,12-13,16,19H,5,8,11,14H2,1-3H3,(H,23,24). The number of aryl methyl sites for hydroxylation is 1. The van der Waals surface area contributed by atoms with Crippen LogP contribution in [0.4, 0.5) is 0 Å². The van der Waals surface area contributed by atoms with Crippen molar-refractivity contribution in [2.45, 2.75) is 38.8 Å². The lowest BCUT2D eigenvalue weighted by Gasteiger charge is -2.18. The Labute approximate surface area is 160 Å². The van der Waals surface area contributed by atoms with Gasteiger partial charge in [-0.1, -0.05) is 23.8 Å². The van der Waals surface area contributed by atoms with Crippen LogP contribution < -0.4 is 14.8 Å². The minimum atomic E-state index is -0.177. The number of methoxy groups -OCH3 is 1. The normalized spacial score (nSPS) is 17.4. The number of rotatable bonds is 7. The molecule has 1 aliphatic rings. The molecule has 5 nitrogen and oxygen atoms in total. The lowest BCUT2D eigenvalue weighted by atomic mass is 10.0. The summed E-state index contributed by atoms with van der Waals surface area (Å²) in [5.41, 5.74) is 2.64. The summed E-state index contributed by atoms with van der Waals surface area (Å²) in [6.07, 6.45) is 2.25. The van der Waals surface area contributed by atoms with Crippen LogP contribution >= 0.6 is 0 Å². The highest BCUT2D eigenvalue weighted by Gasteiger charge is 2.18. The molecule has 0 aromatic heterocycles. The van der Waals surface area contributed by atoms with E-state index in [1.807, 2.05) is 44.2 Å². The van der Waals surface area contributed by atoms with Crippen LogP contribution in [0.1, 0.15) is 47.3 Å². The van der Waals surface area contributed by atoms with Gasteiger partial charge >= 0.3 is 0 Å². The molecule has 2 aromatic rings. The summed E-state index contributed by atoms with van der Waals surface area (Å²) >= 11 is 0. The van der Waals surface area contributed by atoms with E-state index >= 15 is 0 Å². The molecule has 2 aromatic carbocycles. The number of amides is 1. The maximum atomic E-state index is 12.7. The Balaban J connectivity index is 1.65. The molecular weight excluding hydrogens is 342 g/mol. The number of carbonyl (C=O) groups excluding carboxylic acids is 1. The van der Waals surface area contributed by atoms with Crippen LogP contribution in [0.3, 0.4) is 0 Å². The Morgan fingerprint density at radius 2 is 2.15 bits per heavy atom. The highest BCUT2D eigenvalue weighted by molar-refractivity contribution is 5.94. The van der Waals surface area contributed by atoms with E-state index in [2.05, 4.69) is 5.32 Å². The van der Waals surface area contributed by atoms with Crippen molar-refractivity contribution in [2.75, 3.05) is 20.3 Å². The molecule has 27 heavy (non-hydrogen) atoms. The maximum absolute atomic E-state index is 12.7. The minimum absolute atomic E-state index is 0.145. The van der Waals surface area contributed by atoms with Gasteiger partial charge in [0.25, 0.3) is 5.91 Å². The Morgan fingerprint density at radius 3 is 2.89 bits per heavy atom. The maximum Gasteiger partial charge on any atom is 0.251 e. The smallest absolute Gasteiger partial charge is 0.251 e. The third-order valence-electron chi connectivity index (χ3n) is 4.76. The van der Waals surface area contributed by atoms with Gasteiger partial charge in [0.05, 0.1) is 19.3 Å². The minimum Gasteiger partial charge on any atom is -0.496 e. The fourth-order valence-corrected chi connectivity index (χ4v) is 3.24. The van der Waals surface area contributed by atoms with E-state index in [0.717, 1.165) is 36.3 Å². The second-order valence-corrected chi connectivity index (χ2v) is 6.91. The third-order valence-corrected chi connectivity index (χ3v) is 4.76. The SMILES string of the molecule is COc1ccc(C)cc1C(C)NC(=O)c1cccc(OCC2CCCO2)c1. The lowest BCUT2D eigenvalue weighted by Crippen LogP contribution is -2.27. The van der Waals surface area contributed by atoms with Crippen molar-refractivity contribution >= 4 is 5.91 Å². The molecule has 1 aliphatic heterocycles. The summed E-state index contributed by atoms with van der Waals surface area (Å²) < 4.78 is 16.8. The van der Waals surface area contributed by atoms with E-state index in [4.69, 9.17) is 14.2 Å². The molecular formula is C22H27NO4. The van der Waals surface area contributed by atoms with E-state index in [9.17, 15) is 4.79 Å². The van der Waals surface area contributed by atoms with E-state index in [1.54, 1.807) is 19.2 Å². The van der Waals surface area contributed by atoms with Gasteiger partial charge in [-0.15, -0.1) is 0 Å². The molecule has 0 bridgehead atoms. The zero-order valence-corrected chi connectivity index (χ0v) is 16.2. The zero-order valence-electron chi connectivity index (χ0n) is 16.2. The van der Waals surface area contributed by atoms with Crippen molar-refractivity contribution in [1.82, 2.24) is 5.32 Å². The summed E-state index contributed by atoms with van der Waals surface area (Å²) in [6.45, 7) is 5.29. The number of nitrogens with one attached hydrogen (secondary N) is 1. The molecule has 2 atom stereocenters. The second-order valence-electron chi connectivity index (χ2n) is 6.91. The van der Waals surface area contributed by atoms with Crippen LogP contribution in [0.25, 0.3) is 0 Å². The van der Waals surface area contributed by atoms with E-state index in [1.165, 1.54) is 0 Å². The topological polar surface area (TPSA) is 56.8 Å². The first-order valence-corrected chi connectivity index (χ1v) is 9.36. The first-order chi connectivity index (χ1) is 13.1. The molecule has 1 saturated heterocycles. The van der Waals surface area contributed by atoms with Gasteiger partial charge in [-0.2, -0.15) is 0 Å². The highest BCUT2D eigenvalue weighted by Crippen LogP contribution is 2.26.